The molecule has 2 aromatic carbocycles. The summed E-state index contributed by atoms with van der Waals surface area (Å²) in [6.45, 7) is 2.92. The van der Waals surface area contributed by atoms with Gasteiger partial charge in [0.1, 0.15) is 29.3 Å². The SMILES string of the molecule is CCC(Nc1cc(F)c(C(=O)NC(Cc2ccc(-c3cc(Cl)c(C)n(C)c3=O)c3ncccc23)C(=O)O)c(F)c1)C(F)(F)F. The van der Waals surface area contributed by atoms with Crippen molar-refractivity contribution in [3.05, 3.63) is 92.5 Å². The predicted octanol–water partition coefficient (Wildman–Crippen LogP) is 6.02. The van der Waals surface area contributed by atoms with Gasteiger partial charge >= 0.3 is 12.1 Å². The second kappa shape index (κ2) is 12.6. The molecule has 1 amide bonds. The number of fused-ring (bicyclic) bond motifs is 1. The fraction of sp³-hybridized carbons (Fsp3) is 0.267. The van der Waals surface area contributed by atoms with Crippen molar-refractivity contribution in [1.29, 1.82) is 0 Å². The van der Waals surface area contributed by atoms with Gasteiger partial charge in [0.15, 0.2) is 0 Å². The number of pyridine rings is 2. The molecule has 4 rings (SSSR count). The molecule has 0 spiro atoms. The van der Waals surface area contributed by atoms with Crippen molar-refractivity contribution in [1.82, 2.24) is 14.9 Å². The van der Waals surface area contributed by atoms with Crippen LogP contribution in [0, 0.1) is 18.6 Å². The molecule has 4 aromatic rings. The van der Waals surface area contributed by atoms with Gasteiger partial charge in [0.25, 0.3) is 11.5 Å². The Bertz CT molecular complexity index is 1800. The number of nitrogens with zero attached hydrogens (tertiary/aromatic N) is 2. The summed E-state index contributed by atoms with van der Waals surface area (Å²) in [7, 11) is 1.57. The first-order chi connectivity index (χ1) is 20.6. The van der Waals surface area contributed by atoms with E-state index in [2.05, 4.69) is 10.3 Å². The number of alkyl halides is 3. The van der Waals surface area contributed by atoms with E-state index >= 15 is 0 Å². The number of benzene rings is 2. The van der Waals surface area contributed by atoms with Gasteiger partial charge in [0.2, 0.25) is 0 Å². The number of carbonyl (C=O) groups is 2. The lowest BCUT2D eigenvalue weighted by atomic mass is 9.95. The minimum absolute atomic E-state index is 0.255. The predicted molar refractivity (Wildman–Crippen MR) is 155 cm³/mol. The number of aromatic nitrogens is 2. The summed E-state index contributed by atoms with van der Waals surface area (Å²) in [5.41, 5.74) is -0.0622. The molecular formula is C30H26ClF5N4O4. The number of carbonyl (C=O) groups excluding carboxylic acids is 1. The van der Waals surface area contributed by atoms with Gasteiger partial charge in [-0.05, 0) is 43.2 Å². The van der Waals surface area contributed by atoms with E-state index in [4.69, 9.17) is 11.6 Å². The molecule has 0 fully saturated rings. The van der Waals surface area contributed by atoms with Crippen molar-refractivity contribution in [2.75, 3.05) is 5.32 Å². The molecule has 44 heavy (non-hydrogen) atoms. The topological polar surface area (TPSA) is 113 Å². The Labute approximate surface area is 252 Å². The number of hydrogen-bond acceptors (Lipinski definition) is 5. The Hall–Kier alpha value is -4.52. The highest BCUT2D eigenvalue weighted by Crippen LogP contribution is 2.31. The van der Waals surface area contributed by atoms with Crippen molar-refractivity contribution in [2.24, 2.45) is 7.05 Å². The summed E-state index contributed by atoms with van der Waals surface area (Å²) in [4.78, 5) is 42.4. The third-order valence-electron chi connectivity index (χ3n) is 7.25. The van der Waals surface area contributed by atoms with E-state index < -0.39 is 59.4 Å². The molecule has 0 radical (unpaired) electrons. The summed E-state index contributed by atoms with van der Waals surface area (Å²) in [5.74, 6) is -5.90. The lowest BCUT2D eigenvalue weighted by Gasteiger charge is -2.22. The summed E-state index contributed by atoms with van der Waals surface area (Å²) in [6.07, 6.45) is -3.97. The second-order valence-electron chi connectivity index (χ2n) is 10.1. The summed E-state index contributed by atoms with van der Waals surface area (Å²) in [5, 5.41) is 14.7. The van der Waals surface area contributed by atoms with Crippen LogP contribution in [0.25, 0.3) is 22.0 Å². The van der Waals surface area contributed by atoms with Crippen molar-refractivity contribution in [3.8, 4) is 11.1 Å². The highest BCUT2D eigenvalue weighted by atomic mass is 35.5. The zero-order chi connectivity index (χ0) is 32.5. The fourth-order valence-electron chi connectivity index (χ4n) is 4.75. The average Bonchev–Trinajstić information content (AvgIpc) is 2.95. The van der Waals surface area contributed by atoms with Gasteiger partial charge in [-0.3, -0.25) is 14.6 Å². The Balaban J connectivity index is 1.65. The van der Waals surface area contributed by atoms with Gasteiger partial charge < -0.3 is 20.3 Å². The van der Waals surface area contributed by atoms with Gasteiger partial charge in [-0.25, -0.2) is 13.6 Å². The van der Waals surface area contributed by atoms with Crippen molar-refractivity contribution >= 4 is 40.1 Å². The van der Waals surface area contributed by atoms with E-state index in [1.807, 2.05) is 5.32 Å². The molecule has 0 saturated carbocycles. The number of hydrogen-bond donors (Lipinski definition) is 3. The minimum atomic E-state index is -4.69. The molecule has 0 aliphatic heterocycles. The zero-order valence-electron chi connectivity index (χ0n) is 23.5. The molecule has 3 N–H and O–H groups in total. The van der Waals surface area contributed by atoms with E-state index in [0.29, 0.717) is 44.9 Å². The van der Waals surface area contributed by atoms with Crippen LogP contribution in [0.4, 0.5) is 27.6 Å². The third kappa shape index (κ3) is 6.52. The van der Waals surface area contributed by atoms with Crippen LogP contribution in [0.5, 0.6) is 0 Å². The number of aliphatic carboxylic acids is 1. The summed E-state index contributed by atoms with van der Waals surface area (Å²) >= 11 is 6.32. The van der Waals surface area contributed by atoms with Crippen molar-refractivity contribution in [2.45, 2.75) is 44.9 Å². The van der Waals surface area contributed by atoms with Crippen LogP contribution >= 0.6 is 11.6 Å². The monoisotopic (exact) mass is 636 g/mol. The number of amides is 1. The Morgan fingerprint density at radius 1 is 1.09 bits per heavy atom. The molecule has 2 heterocycles. The highest BCUT2D eigenvalue weighted by Gasteiger charge is 2.38. The average molecular weight is 637 g/mol. The molecule has 8 nitrogen and oxygen atoms in total. The van der Waals surface area contributed by atoms with Gasteiger partial charge in [-0.15, -0.1) is 0 Å². The first-order valence-electron chi connectivity index (χ1n) is 13.2. The molecule has 0 aliphatic carbocycles. The molecule has 232 valence electrons. The van der Waals surface area contributed by atoms with E-state index in [1.54, 1.807) is 38.2 Å². The quantitative estimate of drug-likeness (QED) is 0.194. The van der Waals surface area contributed by atoms with Crippen molar-refractivity contribution < 1.29 is 36.6 Å². The van der Waals surface area contributed by atoms with Gasteiger partial charge in [0, 0.05) is 42.0 Å². The Morgan fingerprint density at radius 2 is 1.75 bits per heavy atom. The van der Waals surface area contributed by atoms with Gasteiger partial charge in [-0.1, -0.05) is 36.7 Å². The largest absolute Gasteiger partial charge is 0.480 e. The van der Waals surface area contributed by atoms with Crippen LogP contribution in [0.15, 0.2) is 53.5 Å². The molecule has 2 atom stereocenters. The fourth-order valence-corrected chi connectivity index (χ4v) is 4.98. The summed E-state index contributed by atoms with van der Waals surface area (Å²) < 4.78 is 70.3. The van der Waals surface area contributed by atoms with Crippen molar-refractivity contribution in [3.63, 3.8) is 0 Å². The van der Waals surface area contributed by atoms with Crippen LogP contribution in [0.3, 0.4) is 0 Å². The van der Waals surface area contributed by atoms with Crippen LogP contribution in [-0.2, 0) is 18.3 Å². The van der Waals surface area contributed by atoms with E-state index in [0.717, 1.165) is 0 Å². The molecule has 2 aromatic heterocycles. The maximum absolute atomic E-state index is 14.8. The van der Waals surface area contributed by atoms with E-state index in [1.165, 1.54) is 23.8 Å². The maximum Gasteiger partial charge on any atom is 0.408 e. The Kier molecular flexibility index (Phi) is 9.28. The van der Waals surface area contributed by atoms with Gasteiger partial charge in [-0.2, -0.15) is 13.2 Å². The molecule has 2 unspecified atom stereocenters. The molecule has 0 saturated heterocycles. The van der Waals surface area contributed by atoms with Crippen LogP contribution in [-0.4, -0.2) is 44.8 Å². The lowest BCUT2D eigenvalue weighted by molar-refractivity contribution is -0.143. The van der Waals surface area contributed by atoms with Crippen LogP contribution in [0.1, 0.15) is 35.0 Å². The number of rotatable bonds is 9. The lowest BCUT2D eigenvalue weighted by Crippen LogP contribution is -2.43. The maximum atomic E-state index is 14.8. The zero-order valence-corrected chi connectivity index (χ0v) is 24.3. The van der Waals surface area contributed by atoms with E-state index in [9.17, 15) is 41.4 Å². The second-order valence-corrected chi connectivity index (χ2v) is 10.5. The normalized spacial score (nSPS) is 13.0. The number of carboxylic acid groups (broad SMARTS) is 1. The third-order valence-corrected chi connectivity index (χ3v) is 7.63. The number of nitrogens with one attached hydrogen (secondary N) is 2. The number of halogens is 6. The smallest absolute Gasteiger partial charge is 0.408 e. The molecule has 0 bridgehead atoms. The van der Waals surface area contributed by atoms with E-state index in [-0.39, 0.29) is 17.5 Å². The number of anilines is 1. The minimum Gasteiger partial charge on any atom is -0.480 e. The first-order valence-corrected chi connectivity index (χ1v) is 13.6. The standard InChI is InChI=1S/C30H26ClF5N4O4/c1-4-24(30(34,35)36)38-16-11-21(32)25(22(33)12-16)27(41)39-23(29(43)44)10-15-7-8-18(26-17(15)6-5-9-37-26)19-13-20(31)14(2)40(3)28(19)42/h5-9,11-13,23-24,38H,4,10H2,1-3H3,(H,39,41)(H,43,44). The molecular weight excluding hydrogens is 611 g/mol. The molecule has 0 aliphatic rings. The summed E-state index contributed by atoms with van der Waals surface area (Å²) in [6, 6.07) is 5.14. The highest BCUT2D eigenvalue weighted by molar-refractivity contribution is 6.31. The van der Waals surface area contributed by atoms with Gasteiger partial charge in [0.05, 0.1) is 16.1 Å². The number of carboxylic acids is 1. The van der Waals surface area contributed by atoms with Crippen LogP contribution in [0.2, 0.25) is 5.02 Å². The Morgan fingerprint density at radius 3 is 2.34 bits per heavy atom. The van der Waals surface area contributed by atoms with Crippen LogP contribution < -0.4 is 16.2 Å². The molecule has 14 heteroatoms. The first kappa shape index (κ1) is 32.4.